The highest BCUT2D eigenvalue weighted by molar-refractivity contribution is 9.10. The second-order valence-electron chi connectivity index (χ2n) is 6.65. The van der Waals surface area contributed by atoms with E-state index in [2.05, 4.69) is 92.5 Å². The van der Waals surface area contributed by atoms with Crippen LogP contribution in [0.2, 0.25) is 0 Å². The number of hydrogen-bond acceptors (Lipinski definition) is 1. The van der Waals surface area contributed by atoms with Crippen molar-refractivity contribution in [3.8, 4) is 20.9 Å². The highest BCUT2D eigenvalue weighted by Gasteiger charge is 2.52. The molecule has 0 N–H and O–H groups in total. The van der Waals surface area contributed by atoms with Crippen molar-refractivity contribution in [3.63, 3.8) is 0 Å². The minimum atomic E-state index is 0.560. The molecule has 0 nitrogen and oxygen atoms in total. The molecule has 0 aliphatic heterocycles. The zero-order chi connectivity index (χ0) is 16.3. The van der Waals surface area contributed by atoms with Gasteiger partial charge >= 0.3 is 0 Å². The van der Waals surface area contributed by atoms with Crippen molar-refractivity contribution < 1.29 is 0 Å². The molecule has 0 saturated heterocycles. The molecular weight excluding hydrogens is 444 g/mol. The van der Waals surface area contributed by atoms with Crippen LogP contribution in [0.4, 0.5) is 0 Å². The van der Waals surface area contributed by atoms with Gasteiger partial charge in [0.25, 0.3) is 0 Å². The average molecular weight is 460 g/mol. The second kappa shape index (κ2) is 5.82. The molecule has 2 aliphatic rings. The van der Waals surface area contributed by atoms with Crippen LogP contribution in [0.25, 0.3) is 20.9 Å². The van der Waals surface area contributed by atoms with Crippen LogP contribution in [-0.4, -0.2) is 9.65 Å². The standard InChI is InChI=1S/C21H16Br2S/c22-15-11-14-16-18(17(15)19(14)23)21(13-9-5-2-6-10-13)24-20(16)12-7-3-1-4-8-12/h1-10,14-15,17,19H,11H2/t14-,15+,17+,19?/m0/s1. The largest absolute Gasteiger partial charge is 0.135 e. The van der Waals surface area contributed by atoms with Crippen LogP contribution in [0.3, 0.4) is 0 Å². The Balaban J connectivity index is 1.78. The van der Waals surface area contributed by atoms with E-state index < -0.39 is 0 Å². The summed E-state index contributed by atoms with van der Waals surface area (Å²) in [6.07, 6.45) is 1.23. The second-order valence-corrected chi connectivity index (χ2v) is 9.90. The molecule has 4 atom stereocenters. The smallest absolute Gasteiger partial charge is 0.0387 e. The molecule has 2 bridgehead atoms. The molecule has 0 amide bonds. The fraction of sp³-hybridized carbons (Fsp3) is 0.238. The third-order valence-electron chi connectivity index (χ3n) is 5.36. The molecule has 0 spiro atoms. The van der Waals surface area contributed by atoms with Gasteiger partial charge in [0.1, 0.15) is 0 Å². The van der Waals surface area contributed by atoms with E-state index in [0.29, 0.717) is 21.5 Å². The first-order valence-corrected chi connectivity index (χ1v) is 11.0. The zero-order valence-electron chi connectivity index (χ0n) is 13.0. The van der Waals surface area contributed by atoms with Crippen molar-refractivity contribution >= 4 is 43.2 Å². The molecular formula is C21H16Br2S. The van der Waals surface area contributed by atoms with Crippen molar-refractivity contribution in [3.05, 3.63) is 71.8 Å². The molecule has 1 unspecified atom stereocenters. The number of fused-ring (bicyclic) bond motifs is 5. The minimum Gasteiger partial charge on any atom is -0.135 e. The zero-order valence-corrected chi connectivity index (χ0v) is 16.9. The molecule has 120 valence electrons. The first-order chi connectivity index (χ1) is 11.8. The lowest BCUT2D eigenvalue weighted by Gasteiger charge is -2.19. The van der Waals surface area contributed by atoms with Gasteiger partial charge in [0.15, 0.2) is 0 Å². The number of thiophene rings is 1. The molecule has 0 radical (unpaired) electrons. The molecule has 1 saturated carbocycles. The number of hydrogen-bond donors (Lipinski definition) is 0. The summed E-state index contributed by atoms with van der Waals surface area (Å²) in [5, 5.41) is 0. The maximum atomic E-state index is 4.02. The van der Waals surface area contributed by atoms with E-state index in [0.717, 1.165) is 0 Å². The highest BCUT2D eigenvalue weighted by atomic mass is 79.9. The Kier molecular flexibility index (Phi) is 3.73. The Morgan fingerprint density at radius 1 is 0.750 bits per heavy atom. The van der Waals surface area contributed by atoms with Crippen molar-refractivity contribution in [2.75, 3.05) is 0 Å². The highest BCUT2D eigenvalue weighted by Crippen LogP contribution is 2.65. The van der Waals surface area contributed by atoms with E-state index in [-0.39, 0.29) is 0 Å². The summed E-state index contributed by atoms with van der Waals surface area (Å²) < 4.78 is 0. The lowest BCUT2D eigenvalue weighted by Crippen LogP contribution is -2.10. The van der Waals surface area contributed by atoms with E-state index in [1.165, 1.54) is 27.3 Å². The molecule has 24 heavy (non-hydrogen) atoms. The topological polar surface area (TPSA) is 0 Å². The molecule has 2 aromatic carbocycles. The Labute approximate surface area is 163 Å². The predicted octanol–water partition coefficient (Wildman–Crippen LogP) is 7.19. The normalized spacial score (nSPS) is 27.4. The Morgan fingerprint density at radius 3 is 1.88 bits per heavy atom. The summed E-state index contributed by atoms with van der Waals surface area (Å²) in [7, 11) is 0. The van der Waals surface area contributed by atoms with Crippen LogP contribution in [0, 0.1) is 0 Å². The van der Waals surface area contributed by atoms with Crippen molar-refractivity contribution in [1.82, 2.24) is 0 Å². The van der Waals surface area contributed by atoms with Gasteiger partial charge in [0.05, 0.1) is 0 Å². The SMILES string of the molecule is BrC1[C@H]2c3c(-c4ccccc4)sc(-c4ccccc4)c3[C@@H]1C[C@H]2Br. The van der Waals surface area contributed by atoms with E-state index >= 15 is 0 Å². The van der Waals surface area contributed by atoms with Crippen LogP contribution in [0.5, 0.6) is 0 Å². The summed E-state index contributed by atoms with van der Waals surface area (Å²) in [5.41, 5.74) is 5.91. The van der Waals surface area contributed by atoms with E-state index in [9.17, 15) is 0 Å². The quantitative estimate of drug-likeness (QED) is 0.355. The van der Waals surface area contributed by atoms with Crippen molar-refractivity contribution in [2.45, 2.75) is 27.9 Å². The first-order valence-electron chi connectivity index (χ1n) is 8.31. The molecule has 1 aromatic heterocycles. The maximum Gasteiger partial charge on any atom is 0.0387 e. The fourth-order valence-corrected chi connectivity index (χ4v) is 8.31. The van der Waals surface area contributed by atoms with Crippen LogP contribution in [0.1, 0.15) is 29.4 Å². The third kappa shape index (κ3) is 2.14. The van der Waals surface area contributed by atoms with E-state index in [4.69, 9.17) is 0 Å². The van der Waals surface area contributed by atoms with Crippen molar-refractivity contribution in [1.29, 1.82) is 0 Å². The van der Waals surface area contributed by atoms with Gasteiger partial charge in [0.2, 0.25) is 0 Å². The van der Waals surface area contributed by atoms with Gasteiger partial charge in [-0.15, -0.1) is 11.3 Å². The lowest BCUT2D eigenvalue weighted by atomic mass is 9.89. The van der Waals surface area contributed by atoms with Gasteiger partial charge in [-0.1, -0.05) is 92.5 Å². The summed E-state index contributed by atoms with van der Waals surface area (Å²) >= 11 is 9.95. The minimum absolute atomic E-state index is 0.560. The fourth-order valence-electron chi connectivity index (χ4n) is 4.35. The monoisotopic (exact) mass is 458 g/mol. The number of benzene rings is 2. The van der Waals surface area contributed by atoms with Gasteiger partial charge in [-0.2, -0.15) is 0 Å². The van der Waals surface area contributed by atoms with Crippen LogP contribution < -0.4 is 0 Å². The predicted molar refractivity (Wildman–Crippen MR) is 111 cm³/mol. The van der Waals surface area contributed by atoms with Gasteiger partial charge in [-0.05, 0) is 34.6 Å². The number of alkyl halides is 2. The summed E-state index contributed by atoms with van der Waals surface area (Å²) in [4.78, 5) is 4.08. The summed E-state index contributed by atoms with van der Waals surface area (Å²) in [6.45, 7) is 0. The van der Waals surface area contributed by atoms with Gasteiger partial charge in [-0.25, -0.2) is 0 Å². The van der Waals surface area contributed by atoms with E-state index in [1.54, 1.807) is 11.1 Å². The summed E-state index contributed by atoms with van der Waals surface area (Å²) in [6, 6.07) is 21.8. The van der Waals surface area contributed by atoms with Crippen LogP contribution >= 0.6 is 43.2 Å². The van der Waals surface area contributed by atoms with Gasteiger partial charge in [0, 0.05) is 25.3 Å². The summed E-state index contributed by atoms with van der Waals surface area (Å²) in [5.74, 6) is 1.20. The molecule has 2 aliphatic carbocycles. The number of rotatable bonds is 2. The van der Waals surface area contributed by atoms with E-state index in [1.807, 2.05) is 11.3 Å². The lowest BCUT2D eigenvalue weighted by molar-refractivity contribution is 0.750. The third-order valence-corrected chi connectivity index (χ3v) is 8.83. The molecule has 3 heteroatoms. The number of halogens is 2. The van der Waals surface area contributed by atoms with Crippen LogP contribution in [0.15, 0.2) is 60.7 Å². The molecule has 1 heterocycles. The molecule has 1 fully saturated rings. The maximum absolute atomic E-state index is 4.02. The van der Waals surface area contributed by atoms with Gasteiger partial charge < -0.3 is 0 Å². The Bertz CT molecular complexity index is 885. The average Bonchev–Trinajstić information content (AvgIpc) is 3.23. The Hall–Kier alpha value is -0.900. The molecule has 5 rings (SSSR count). The first kappa shape index (κ1) is 15.4. The van der Waals surface area contributed by atoms with Gasteiger partial charge in [-0.3, -0.25) is 0 Å². The Morgan fingerprint density at radius 2 is 1.29 bits per heavy atom. The van der Waals surface area contributed by atoms with Crippen LogP contribution in [-0.2, 0) is 0 Å². The van der Waals surface area contributed by atoms with Crippen molar-refractivity contribution in [2.24, 2.45) is 0 Å². The molecule has 3 aromatic rings.